The van der Waals surface area contributed by atoms with Crippen molar-refractivity contribution in [1.29, 1.82) is 5.26 Å². The fourth-order valence-corrected chi connectivity index (χ4v) is 6.38. The molecule has 11 heteroatoms. The maximum Gasteiger partial charge on any atom is 0.326 e. The number of alkyl halides is 2. The van der Waals surface area contributed by atoms with Crippen LogP contribution in [0.5, 0.6) is 0 Å². The molecule has 2 fully saturated rings. The number of halogens is 2. The Balaban J connectivity index is 1.42. The fraction of sp³-hybridized carbons (Fsp3) is 0.440. The van der Waals surface area contributed by atoms with Gasteiger partial charge in [0.05, 0.1) is 23.0 Å². The highest BCUT2D eigenvalue weighted by Crippen LogP contribution is 2.51. The Morgan fingerprint density at radius 3 is 2.42 bits per heavy atom. The molecule has 3 aliphatic rings. The maximum atomic E-state index is 13.5. The van der Waals surface area contributed by atoms with Crippen molar-refractivity contribution in [2.75, 3.05) is 48.4 Å². The molecule has 0 spiro atoms. The van der Waals surface area contributed by atoms with Gasteiger partial charge in [-0.3, -0.25) is 18.3 Å². The van der Waals surface area contributed by atoms with E-state index in [1.807, 2.05) is 17.0 Å². The number of hydrogen-bond donors (Lipinski definition) is 0. The number of hydrogen-bond acceptors (Lipinski definition) is 5. The van der Waals surface area contributed by atoms with Crippen LogP contribution in [0.2, 0.25) is 0 Å². The molecule has 0 aromatic heterocycles. The standard InChI is InChI=1S/C25H27F2N5O3S/c1-17(33)31-9-7-30(8-10-31)15-18-3-4-20(14-28)22(11-18)19-5-6-23-24(12-19)29(2)36(34,35)32(23)16-21-13-25(21,26)27/h3-6,11-12,21H,7-10,13,15-16H2,1-2H3. The molecule has 2 aliphatic heterocycles. The lowest BCUT2D eigenvalue weighted by Gasteiger charge is -2.34. The van der Waals surface area contributed by atoms with E-state index < -0.39 is 22.0 Å². The van der Waals surface area contributed by atoms with Crippen molar-refractivity contribution in [3.8, 4) is 17.2 Å². The zero-order chi connectivity index (χ0) is 25.8. The molecule has 1 amide bonds. The van der Waals surface area contributed by atoms with E-state index in [4.69, 9.17) is 0 Å². The largest absolute Gasteiger partial charge is 0.340 e. The number of piperazine rings is 1. The number of anilines is 2. The molecule has 2 heterocycles. The van der Waals surface area contributed by atoms with Crippen molar-refractivity contribution in [1.82, 2.24) is 9.80 Å². The lowest BCUT2D eigenvalue weighted by atomic mass is 9.96. The van der Waals surface area contributed by atoms with Gasteiger partial charge in [0.2, 0.25) is 5.91 Å². The Hall–Kier alpha value is -3.23. The van der Waals surface area contributed by atoms with Crippen LogP contribution in [0, 0.1) is 17.2 Å². The normalized spacial score (nSPS) is 22.3. The van der Waals surface area contributed by atoms with Gasteiger partial charge >= 0.3 is 10.2 Å². The fourth-order valence-electron chi connectivity index (χ4n) is 4.92. The van der Waals surface area contributed by atoms with Crippen LogP contribution >= 0.6 is 0 Å². The number of rotatable bonds is 5. The first-order valence-corrected chi connectivity index (χ1v) is 13.2. The summed E-state index contributed by atoms with van der Waals surface area (Å²) < 4.78 is 55.1. The van der Waals surface area contributed by atoms with E-state index in [0.717, 1.165) is 27.3 Å². The van der Waals surface area contributed by atoms with Crippen molar-refractivity contribution < 1.29 is 22.0 Å². The molecule has 190 valence electrons. The number of nitrogens with zero attached hydrogens (tertiary/aromatic N) is 5. The monoisotopic (exact) mass is 515 g/mol. The average Bonchev–Trinajstić information content (AvgIpc) is 3.41. The molecule has 5 rings (SSSR count). The third-order valence-corrected chi connectivity index (χ3v) is 9.08. The van der Waals surface area contributed by atoms with Gasteiger partial charge in [-0.25, -0.2) is 8.78 Å². The lowest BCUT2D eigenvalue weighted by Crippen LogP contribution is -2.47. The highest BCUT2D eigenvalue weighted by atomic mass is 32.2. The minimum Gasteiger partial charge on any atom is -0.340 e. The Morgan fingerprint density at radius 2 is 1.81 bits per heavy atom. The van der Waals surface area contributed by atoms with E-state index in [9.17, 15) is 27.3 Å². The van der Waals surface area contributed by atoms with Crippen LogP contribution in [0.1, 0.15) is 24.5 Å². The van der Waals surface area contributed by atoms with Crippen molar-refractivity contribution in [3.05, 3.63) is 47.5 Å². The highest BCUT2D eigenvalue weighted by molar-refractivity contribution is 7.94. The molecule has 2 aromatic rings. The van der Waals surface area contributed by atoms with Gasteiger partial charge < -0.3 is 4.90 Å². The summed E-state index contributed by atoms with van der Waals surface area (Å²) in [6, 6.07) is 12.9. The van der Waals surface area contributed by atoms with Crippen LogP contribution in [-0.4, -0.2) is 69.8 Å². The van der Waals surface area contributed by atoms with E-state index in [1.165, 1.54) is 7.05 Å². The zero-order valence-corrected chi connectivity index (χ0v) is 20.9. The molecule has 1 atom stereocenters. The molecule has 1 saturated carbocycles. The van der Waals surface area contributed by atoms with Gasteiger partial charge in [-0.15, -0.1) is 0 Å². The smallest absolute Gasteiger partial charge is 0.326 e. The van der Waals surface area contributed by atoms with Crippen LogP contribution in [-0.2, 0) is 21.5 Å². The minimum atomic E-state index is -3.95. The van der Waals surface area contributed by atoms with Crippen LogP contribution in [0.25, 0.3) is 11.1 Å². The van der Waals surface area contributed by atoms with E-state index in [0.29, 0.717) is 47.7 Å². The third-order valence-electron chi connectivity index (χ3n) is 7.29. The molecule has 0 N–H and O–H groups in total. The first kappa shape index (κ1) is 24.5. The predicted molar refractivity (Wildman–Crippen MR) is 132 cm³/mol. The Bertz CT molecular complexity index is 1370. The molecule has 1 aliphatic carbocycles. The van der Waals surface area contributed by atoms with Crippen molar-refractivity contribution in [2.45, 2.75) is 25.8 Å². The Kier molecular flexibility index (Phi) is 5.92. The number of amides is 1. The number of carbonyl (C=O) groups excluding carboxylic acids is 1. The summed E-state index contributed by atoms with van der Waals surface area (Å²) >= 11 is 0. The van der Waals surface area contributed by atoms with Crippen molar-refractivity contribution >= 4 is 27.5 Å². The second kappa shape index (κ2) is 8.71. The highest BCUT2D eigenvalue weighted by Gasteiger charge is 2.59. The first-order chi connectivity index (χ1) is 17.0. The van der Waals surface area contributed by atoms with Gasteiger partial charge in [-0.05, 0) is 41.0 Å². The second-order valence-corrected chi connectivity index (χ2v) is 11.5. The van der Waals surface area contributed by atoms with Gasteiger partial charge in [-0.1, -0.05) is 12.1 Å². The van der Waals surface area contributed by atoms with Gasteiger partial charge in [0.15, 0.2) is 0 Å². The Labute approximate surface area is 209 Å². The first-order valence-electron chi connectivity index (χ1n) is 11.8. The molecule has 0 radical (unpaired) electrons. The summed E-state index contributed by atoms with van der Waals surface area (Å²) in [6.45, 7) is 4.83. The van der Waals surface area contributed by atoms with Crippen molar-refractivity contribution in [2.24, 2.45) is 5.92 Å². The van der Waals surface area contributed by atoms with Gasteiger partial charge in [0, 0.05) is 65.6 Å². The van der Waals surface area contributed by atoms with Gasteiger partial charge in [0.25, 0.3) is 5.92 Å². The van der Waals surface area contributed by atoms with Crippen LogP contribution in [0.4, 0.5) is 20.2 Å². The quantitative estimate of drug-likeness (QED) is 0.611. The summed E-state index contributed by atoms with van der Waals surface area (Å²) in [5.74, 6) is -3.73. The van der Waals surface area contributed by atoms with E-state index >= 15 is 0 Å². The van der Waals surface area contributed by atoms with E-state index in [1.54, 1.807) is 31.2 Å². The maximum absolute atomic E-state index is 13.5. The zero-order valence-electron chi connectivity index (χ0n) is 20.1. The van der Waals surface area contributed by atoms with Crippen LogP contribution in [0.15, 0.2) is 36.4 Å². The molecule has 2 aromatic carbocycles. The Morgan fingerprint density at radius 1 is 1.11 bits per heavy atom. The van der Waals surface area contributed by atoms with E-state index in [-0.39, 0.29) is 18.9 Å². The topological polar surface area (TPSA) is 88.0 Å². The summed E-state index contributed by atoms with van der Waals surface area (Å²) in [7, 11) is -2.54. The number of nitriles is 1. The van der Waals surface area contributed by atoms with E-state index in [2.05, 4.69) is 11.0 Å². The third kappa shape index (κ3) is 4.29. The molecule has 1 unspecified atom stereocenters. The summed E-state index contributed by atoms with van der Waals surface area (Å²) in [6.07, 6.45) is -0.307. The predicted octanol–water partition coefficient (Wildman–Crippen LogP) is 3.05. The average molecular weight is 516 g/mol. The molecule has 1 saturated heterocycles. The molecular weight excluding hydrogens is 488 g/mol. The minimum absolute atomic E-state index is 0.0725. The molecule has 36 heavy (non-hydrogen) atoms. The van der Waals surface area contributed by atoms with Crippen LogP contribution in [0.3, 0.4) is 0 Å². The summed E-state index contributed by atoms with van der Waals surface area (Å²) in [5, 5.41) is 9.72. The molecule has 8 nitrogen and oxygen atoms in total. The van der Waals surface area contributed by atoms with Gasteiger partial charge in [-0.2, -0.15) is 13.7 Å². The number of carbonyl (C=O) groups is 1. The molecular formula is C25H27F2N5O3S. The lowest BCUT2D eigenvalue weighted by molar-refractivity contribution is -0.130. The van der Waals surface area contributed by atoms with Crippen molar-refractivity contribution in [3.63, 3.8) is 0 Å². The second-order valence-electron chi connectivity index (χ2n) is 9.65. The SMILES string of the molecule is CC(=O)N1CCN(Cc2ccc(C#N)c(-c3ccc4c(c3)N(C)S(=O)(=O)N4CC3CC3(F)F)c2)CC1. The summed E-state index contributed by atoms with van der Waals surface area (Å²) in [4.78, 5) is 15.7. The van der Waals surface area contributed by atoms with Crippen LogP contribution < -0.4 is 8.61 Å². The van der Waals surface area contributed by atoms with Gasteiger partial charge in [0.1, 0.15) is 0 Å². The number of benzene rings is 2. The summed E-state index contributed by atoms with van der Waals surface area (Å²) in [5.41, 5.74) is 3.57. The number of fused-ring (bicyclic) bond motifs is 1. The molecule has 0 bridgehead atoms.